The molecule has 0 aliphatic heterocycles. The molecule has 0 bridgehead atoms. The van der Waals surface area contributed by atoms with Crippen molar-refractivity contribution in [1.82, 2.24) is 9.55 Å². The Balaban J connectivity index is 2.47. The number of benzene rings is 1. The summed E-state index contributed by atoms with van der Waals surface area (Å²) in [4.78, 5) is 4.05. The molecule has 1 aromatic heterocycles. The summed E-state index contributed by atoms with van der Waals surface area (Å²) in [6, 6.07) is 7.72. The quantitative estimate of drug-likeness (QED) is 0.668. The molecule has 1 heterocycles. The summed E-state index contributed by atoms with van der Waals surface area (Å²) in [5.74, 6) is 0. The number of nitrogen functional groups attached to an aromatic ring is 1. The first-order chi connectivity index (χ1) is 6.27. The third kappa shape index (κ3) is 1.40. The summed E-state index contributed by atoms with van der Waals surface area (Å²) in [6.07, 6.45) is 3.62. The Morgan fingerprint density at radius 1 is 1.23 bits per heavy atom. The fraction of sp³-hybridized carbons (Fsp3) is 0.100. The lowest BCUT2D eigenvalue weighted by molar-refractivity contribution is 1.01. The molecule has 2 N–H and O–H groups in total. The zero-order chi connectivity index (χ0) is 9.26. The minimum absolute atomic E-state index is 0.779. The van der Waals surface area contributed by atoms with E-state index < -0.39 is 0 Å². The second kappa shape index (κ2) is 2.94. The molecule has 1 aromatic carbocycles. The van der Waals surface area contributed by atoms with Crippen molar-refractivity contribution in [2.24, 2.45) is 0 Å². The molecule has 0 spiro atoms. The van der Waals surface area contributed by atoms with Gasteiger partial charge in [-0.3, -0.25) is 0 Å². The number of hydrogen-bond donors (Lipinski definition) is 1. The molecule has 0 saturated carbocycles. The minimum atomic E-state index is 0.779. The van der Waals surface area contributed by atoms with Crippen molar-refractivity contribution in [2.45, 2.75) is 6.92 Å². The second-order valence-corrected chi connectivity index (χ2v) is 3.00. The number of imidazole rings is 1. The van der Waals surface area contributed by atoms with E-state index in [0.29, 0.717) is 0 Å². The highest BCUT2D eigenvalue weighted by atomic mass is 15.0. The Labute approximate surface area is 76.8 Å². The first-order valence-electron chi connectivity index (χ1n) is 4.12. The van der Waals surface area contributed by atoms with Crippen molar-refractivity contribution in [1.29, 1.82) is 0 Å². The number of hydrogen-bond acceptors (Lipinski definition) is 2. The van der Waals surface area contributed by atoms with E-state index in [4.69, 9.17) is 5.73 Å². The Kier molecular flexibility index (Phi) is 1.77. The molecule has 0 aliphatic carbocycles. The topological polar surface area (TPSA) is 43.8 Å². The summed E-state index contributed by atoms with van der Waals surface area (Å²) in [6.45, 7) is 2.02. The van der Waals surface area contributed by atoms with Crippen LogP contribution < -0.4 is 5.73 Å². The van der Waals surface area contributed by atoms with E-state index in [1.165, 1.54) is 0 Å². The van der Waals surface area contributed by atoms with Crippen molar-refractivity contribution in [3.63, 3.8) is 0 Å². The van der Waals surface area contributed by atoms with E-state index in [1.54, 1.807) is 6.33 Å². The Bertz CT molecular complexity index is 400. The maximum Gasteiger partial charge on any atom is 0.0994 e. The van der Waals surface area contributed by atoms with Gasteiger partial charge in [-0.05, 0) is 31.2 Å². The molecule has 3 nitrogen and oxygen atoms in total. The molecule has 0 amide bonds. The molecule has 0 radical (unpaired) electrons. The smallest absolute Gasteiger partial charge is 0.0994 e. The van der Waals surface area contributed by atoms with Crippen LogP contribution in [0.3, 0.4) is 0 Å². The van der Waals surface area contributed by atoms with Crippen molar-refractivity contribution < 1.29 is 0 Å². The van der Waals surface area contributed by atoms with Gasteiger partial charge in [0.05, 0.1) is 6.33 Å². The first kappa shape index (κ1) is 7.86. The highest BCUT2D eigenvalue weighted by Gasteiger charge is 1.98. The van der Waals surface area contributed by atoms with E-state index >= 15 is 0 Å². The van der Waals surface area contributed by atoms with Crippen molar-refractivity contribution in [2.75, 3.05) is 5.73 Å². The Morgan fingerprint density at radius 3 is 2.46 bits per heavy atom. The lowest BCUT2D eigenvalue weighted by Gasteiger charge is -2.04. The van der Waals surface area contributed by atoms with Crippen molar-refractivity contribution in [3.8, 4) is 5.69 Å². The molecular weight excluding hydrogens is 162 g/mol. The van der Waals surface area contributed by atoms with E-state index in [1.807, 2.05) is 42.0 Å². The molecule has 66 valence electrons. The average Bonchev–Trinajstić information content (AvgIpc) is 2.53. The summed E-state index contributed by atoms with van der Waals surface area (Å²) in [5.41, 5.74) is 8.58. The molecule has 0 unspecified atom stereocenters. The van der Waals surface area contributed by atoms with Gasteiger partial charge < -0.3 is 10.3 Å². The number of aryl methyl sites for hydroxylation is 1. The van der Waals surface area contributed by atoms with E-state index in [2.05, 4.69) is 4.98 Å². The molecular formula is C10H11N3. The number of aromatic nitrogens is 2. The lowest BCUT2D eigenvalue weighted by atomic mass is 10.3. The molecule has 13 heavy (non-hydrogen) atoms. The van der Waals surface area contributed by atoms with Gasteiger partial charge in [-0.15, -0.1) is 0 Å². The number of anilines is 1. The van der Waals surface area contributed by atoms with Gasteiger partial charge in [0.1, 0.15) is 0 Å². The van der Waals surface area contributed by atoms with Crippen LogP contribution in [0.5, 0.6) is 0 Å². The average molecular weight is 173 g/mol. The van der Waals surface area contributed by atoms with Crippen LogP contribution in [0, 0.1) is 6.92 Å². The number of nitrogens with two attached hydrogens (primary N) is 1. The fourth-order valence-corrected chi connectivity index (χ4v) is 1.27. The largest absolute Gasteiger partial charge is 0.399 e. The van der Waals surface area contributed by atoms with Crippen LogP contribution in [0.25, 0.3) is 5.69 Å². The Morgan fingerprint density at radius 2 is 1.92 bits per heavy atom. The maximum absolute atomic E-state index is 5.59. The highest BCUT2D eigenvalue weighted by Crippen LogP contribution is 2.12. The predicted molar refractivity (Wildman–Crippen MR) is 52.7 cm³/mol. The van der Waals surface area contributed by atoms with Gasteiger partial charge >= 0.3 is 0 Å². The molecule has 0 fully saturated rings. The van der Waals surface area contributed by atoms with Crippen LogP contribution in [0.2, 0.25) is 0 Å². The Hall–Kier alpha value is -1.77. The number of nitrogens with zero attached hydrogens (tertiary/aromatic N) is 2. The number of rotatable bonds is 1. The van der Waals surface area contributed by atoms with Crippen molar-refractivity contribution >= 4 is 5.69 Å². The van der Waals surface area contributed by atoms with Crippen LogP contribution in [-0.4, -0.2) is 9.55 Å². The standard InChI is InChI=1S/C10H11N3/c1-8-6-12-7-13(8)10-4-2-9(11)3-5-10/h2-7H,11H2,1H3. The van der Waals surface area contributed by atoms with Crippen LogP contribution in [0.15, 0.2) is 36.8 Å². The highest BCUT2D eigenvalue weighted by molar-refractivity contribution is 5.45. The van der Waals surface area contributed by atoms with Gasteiger partial charge in [0.25, 0.3) is 0 Å². The van der Waals surface area contributed by atoms with Gasteiger partial charge in [-0.2, -0.15) is 0 Å². The van der Waals surface area contributed by atoms with Gasteiger partial charge in [-0.25, -0.2) is 4.98 Å². The van der Waals surface area contributed by atoms with Crippen LogP contribution >= 0.6 is 0 Å². The second-order valence-electron chi connectivity index (χ2n) is 3.00. The molecule has 0 saturated heterocycles. The molecule has 3 heteroatoms. The molecule has 0 aliphatic rings. The van der Waals surface area contributed by atoms with Crippen molar-refractivity contribution in [3.05, 3.63) is 42.5 Å². The zero-order valence-corrected chi connectivity index (χ0v) is 7.44. The predicted octanol–water partition coefficient (Wildman–Crippen LogP) is 1.76. The first-order valence-corrected chi connectivity index (χ1v) is 4.12. The summed E-state index contributed by atoms with van der Waals surface area (Å²) < 4.78 is 2.01. The monoisotopic (exact) mass is 173 g/mol. The summed E-state index contributed by atoms with van der Waals surface area (Å²) >= 11 is 0. The van der Waals surface area contributed by atoms with Gasteiger partial charge in [0, 0.05) is 23.3 Å². The fourth-order valence-electron chi connectivity index (χ4n) is 1.27. The maximum atomic E-state index is 5.59. The normalized spacial score (nSPS) is 10.2. The van der Waals surface area contributed by atoms with Gasteiger partial charge in [0.15, 0.2) is 0 Å². The van der Waals surface area contributed by atoms with Crippen LogP contribution in [0.4, 0.5) is 5.69 Å². The molecule has 2 aromatic rings. The third-order valence-corrected chi connectivity index (χ3v) is 1.99. The zero-order valence-electron chi connectivity index (χ0n) is 7.44. The summed E-state index contributed by atoms with van der Waals surface area (Å²) in [5, 5.41) is 0. The van der Waals surface area contributed by atoms with E-state index in [-0.39, 0.29) is 0 Å². The summed E-state index contributed by atoms with van der Waals surface area (Å²) in [7, 11) is 0. The molecule has 2 rings (SSSR count). The van der Waals surface area contributed by atoms with E-state index in [0.717, 1.165) is 17.1 Å². The SMILES string of the molecule is Cc1cncn1-c1ccc(N)cc1. The van der Waals surface area contributed by atoms with E-state index in [9.17, 15) is 0 Å². The lowest BCUT2D eigenvalue weighted by Crippen LogP contribution is -1.94. The third-order valence-electron chi connectivity index (χ3n) is 1.99. The van der Waals surface area contributed by atoms with Gasteiger partial charge in [-0.1, -0.05) is 0 Å². The minimum Gasteiger partial charge on any atom is -0.399 e. The van der Waals surface area contributed by atoms with Crippen LogP contribution in [0.1, 0.15) is 5.69 Å². The van der Waals surface area contributed by atoms with Crippen LogP contribution in [-0.2, 0) is 0 Å². The molecule has 0 atom stereocenters. The van der Waals surface area contributed by atoms with Gasteiger partial charge in [0.2, 0.25) is 0 Å².